The van der Waals surface area contributed by atoms with E-state index in [0.717, 1.165) is 18.7 Å². The Balaban J connectivity index is 0.000000461. The molecule has 0 aliphatic carbocycles. The monoisotopic (exact) mass is 192 g/mol. The number of hydrogen-bond acceptors (Lipinski definition) is 3. The summed E-state index contributed by atoms with van der Waals surface area (Å²) in [6, 6.07) is 4.95. The first kappa shape index (κ1) is 10.2. The van der Waals surface area contributed by atoms with Gasteiger partial charge in [-0.3, -0.25) is 10.1 Å². The Kier molecular flexibility index (Phi) is 3.23. The van der Waals surface area contributed by atoms with Gasteiger partial charge >= 0.3 is 0 Å². The molecule has 1 aromatic rings. The largest absolute Gasteiger partial charge is 0.384 e. The second-order valence-corrected chi connectivity index (χ2v) is 2.78. The number of nitrogens with one attached hydrogen (secondary N) is 1. The number of benzene rings is 1. The van der Waals surface area contributed by atoms with Crippen molar-refractivity contribution in [1.29, 1.82) is 0 Å². The summed E-state index contributed by atoms with van der Waals surface area (Å²) in [5.74, 6) is 0. The van der Waals surface area contributed by atoms with Crippen LogP contribution in [0.15, 0.2) is 31.4 Å². The van der Waals surface area contributed by atoms with Crippen molar-refractivity contribution in [2.75, 3.05) is 11.9 Å². The zero-order chi connectivity index (χ0) is 10.6. The number of hydrogen-bond donors (Lipinski definition) is 1. The summed E-state index contributed by atoms with van der Waals surface area (Å²) in [5.41, 5.74) is 2.23. The molecule has 0 fully saturated rings. The molecule has 2 rings (SSSR count). The second kappa shape index (κ2) is 4.41. The fourth-order valence-electron chi connectivity index (χ4n) is 1.39. The molecule has 0 aromatic heterocycles. The predicted molar refractivity (Wildman–Crippen MR) is 56.5 cm³/mol. The Morgan fingerprint density at radius 2 is 2.14 bits per heavy atom. The lowest BCUT2D eigenvalue weighted by Gasteiger charge is -1.97. The van der Waals surface area contributed by atoms with Crippen LogP contribution in [0.25, 0.3) is 0 Å². The van der Waals surface area contributed by atoms with Crippen LogP contribution in [0.5, 0.6) is 0 Å². The SMILES string of the molecule is C=C.O=[N+]([O-])c1ccc2c(c1)NCC2. The molecule has 14 heavy (non-hydrogen) atoms. The lowest BCUT2D eigenvalue weighted by molar-refractivity contribution is -0.384. The minimum Gasteiger partial charge on any atom is -0.384 e. The number of fused-ring (bicyclic) bond motifs is 1. The van der Waals surface area contributed by atoms with Gasteiger partial charge < -0.3 is 5.32 Å². The molecule has 74 valence electrons. The van der Waals surface area contributed by atoms with Crippen LogP contribution in [0.4, 0.5) is 11.4 Å². The first-order valence-electron chi connectivity index (χ1n) is 4.28. The van der Waals surface area contributed by atoms with E-state index in [9.17, 15) is 10.1 Å². The second-order valence-electron chi connectivity index (χ2n) is 2.78. The van der Waals surface area contributed by atoms with Crippen LogP contribution in [0.3, 0.4) is 0 Å². The van der Waals surface area contributed by atoms with E-state index in [1.807, 2.05) is 6.07 Å². The lowest BCUT2D eigenvalue weighted by atomic mass is 10.1. The fraction of sp³-hybridized carbons (Fsp3) is 0.200. The Bertz CT molecular complexity index is 350. The minimum atomic E-state index is -0.375. The molecule has 0 spiro atoms. The molecule has 1 aliphatic rings. The van der Waals surface area contributed by atoms with Crippen LogP contribution in [0, 0.1) is 10.1 Å². The molecule has 1 heterocycles. The van der Waals surface area contributed by atoms with Gasteiger partial charge in [-0.25, -0.2) is 0 Å². The van der Waals surface area contributed by atoms with E-state index < -0.39 is 0 Å². The normalized spacial score (nSPS) is 12.0. The van der Waals surface area contributed by atoms with Crippen LogP contribution >= 0.6 is 0 Å². The minimum absolute atomic E-state index is 0.156. The van der Waals surface area contributed by atoms with E-state index in [-0.39, 0.29) is 10.6 Å². The van der Waals surface area contributed by atoms with Crippen LogP contribution in [0.2, 0.25) is 0 Å². The third-order valence-corrected chi connectivity index (χ3v) is 2.01. The molecule has 1 aromatic carbocycles. The van der Waals surface area contributed by atoms with E-state index in [2.05, 4.69) is 18.5 Å². The quantitative estimate of drug-likeness (QED) is 0.422. The average molecular weight is 192 g/mol. The van der Waals surface area contributed by atoms with Gasteiger partial charge in [0.2, 0.25) is 0 Å². The summed E-state index contributed by atoms with van der Waals surface area (Å²) in [5, 5.41) is 13.5. The highest BCUT2D eigenvalue weighted by molar-refractivity contribution is 5.60. The van der Waals surface area contributed by atoms with Crippen molar-refractivity contribution >= 4 is 11.4 Å². The summed E-state index contributed by atoms with van der Waals surface area (Å²) in [4.78, 5) is 10.0. The standard InChI is InChI=1S/C8H8N2O2.C2H4/c11-10(12)7-2-1-6-3-4-9-8(6)5-7;1-2/h1-2,5,9H,3-4H2;1-2H2. The zero-order valence-corrected chi connectivity index (χ0v) is 7.82. The summed E-state index contributed by atoms with van der Waals surface area (Å²) in [6.45, 7) is 6.89. The average Bonchev–Trinajstić information content (AvgIpc) is 2.67. The number of nitro benzene ring substituents is 1. The van der Waals surface area contributed by atoms with Gasteiger partial charge in [0.1, 0.15) is 0 Å². The van der Waals surface area contributed by atoms with E-state index in [1.165, 1.54) is 5.56 Å². The number of non-ortho nitro benzene ring substituents is 1. The molecule has 0 bridgehead atoms. The van der Waals surface area contributed by atoms with Gasteiger partial charge in [-0.15, -0.1) is 13.2 Å². The van der Waals surface area contributed by atoms with Crippen LogP contribution < -0.4 is 5.32 Å². The summed E-state index contributed by atoms with van der Waals surface area (Å²) in [6.07, 6.45) is 0.966. The molecule has 0 radical (unpaired) electrons. The van der Waals surface area contributed by atoms with Crippen molar-refractivity contribution < 1.29 is 4.92 Å². The van der Waals surface area contributed by atoms with Crippen LogP contribution in [-0.2, 0) is 6.42 Å². The maximum Gasteiger partial charge on any atom is 0.271 e. The number of anilines is 1. The molecule has 0 amide bonds. The van der Waals surface area contributed by atoms with E-state index in [0.29, 0.717) is 0 Å². The molecular weight excluding hydrogens is 180 g/mol. The van der Waals surface area contributed by atoms with Crippen molar-refractivity contribution in [1.82, 2.24) is 0 Å². The van der Waals surface area contributed by atoms with Gasteiger partial charge in [0, 0.05) is 24.4 Å². The molecule has 0 saturated carbocycles. The molecule has 4 nitrogen and oxygen atoms in total. The third kappa shape index (κ3) is 1.90. The maximum absolute atomic E-state index is 10.4. The molecule has 1 N–H and O–H groups in total. The molecule has 0 atom stereocenters. The van der Waals surface area contributed by atoms with Gasteiger partial charge in [-0.2, -0.15) is 0 Å². The van der Waals surface area contributed by atoms with Gasteiger partial charge in [-0.1, -0.05) is 6.07 Å². The highest BCUT2D eigenvalue weighted by atomic mass is 16.6. The van der Waals surface area contributed by atoms with Crippen molar-refractivity contribution in [2.24, 2.45) is 0 Å². The molecular formula is C10H12N2O2. The Morgan fingerprint density at radius 1 is 1.43 bits per heavy atom. The van der Waals surface area contributed by atoms with Crippen LogP contribution in [0.1, 0.15) is 5.56 Å². The Hall–Kier alpha value is -1.84. The highest BCUT2D eigenvalue weighted by Gasteiger charge is 2.13. The van der Waals surface area contributed by atoms with Crippen molar-refractivity contribution in [2.45, 2.75) is 6.42 Å². The van der Waals surface area contributed by atoms with Gasteiger partial charge in [0.05, 0.1) is 4.92 Å². The first-order valence-corrected chi connectivity index (χ1v) is 4.28. The number of rotatable bonds is 1. The smallest absolute Gasteiger partial charge is 0.271 e. The van der Waals surface area contributed by atoms with E-state index in [4.69, 9.17) is 0 Å². The summed E-state index contributed by atoms with van der Waals surface area (Å²) in [7, 11) is 0. The van der Waals surface area contributed by atoms with Gasteiger partial charge in [0.25, 0.3) is 5.69 Å². The fourth-order valence-corrected chi connectivity index (χ4v) is 1.39. The summed E-state index contributed by atoms with van der Waals surface area (Å²) < 4.78 is 0. The maximum atomic E-state index is 10.4. The Labute approximate surface area is 82.4 Å². The third-order valence-electron chi connectivity index (χ3n) is 2.01. The predicted octanol–water partition coefficient (Wildman–Crippen LogP) is 2.37. The van der Waals surface area contributed by atoms with Gasteiger partial charge in [0.15, 0.2) is 0 Å². The lowest BCUT2D eigenvalue weighted by Crippen LogP contribution is -1.92. The van der Waals surface area contributed by atoms with Crippen LogP contribution in [-0.4, -0.2) is 11.5 Å². The topological polar surface area (TPSA) is 55.2 Å². The van der Waals surface area contributed by atoms with Gasteiger partial charge in [-0.05, 0) is 12.0 Å². The van der Waals surface area contributed by atoms with Crippen molar-refractivity contribution in [3.05, 3.63) is 47.0 Å². The molecule has 0 unspecified atom stereocenters. The molecule has 4 heteroatoms. The number of nitro groups is 1. The van der Waals surface area contributed by atoms with E-state index >= 15 is 0 Å². The van der Waals surface area contributed by atoms with Crippen molar-refractivity contribution in [3.8, 4) is 0 Å². The Morgan fingerprint density at radius 3 is 2.79 bits per heavy atom. The molecule has 0 saturated heterocycles. The molecule has 1 aliphatic heterocycles. The van der Waals surface area contributed by atoms with E-state index in [1.54, 1.807) is 12.1 Å². The first-order chi connectivity index (χ1) is 6.77. The number of nitrogens with zero attached hydrogens (tertiary/aromatic N) is 1. The highest BCUT2D eigenvalue weighted by Crippen LogP contribution is 2.26. The summed E-state index contributed by atoms with van der Waals surface area (Å²) >= 11 is 0. The zero-order valence-electron chi connectivity index (χ0n) is 7.82. The van der Waals surface area contributed by atoms with Crippen molar-refractivity contribution in [3.63, 3.8) is 0 Å².